The van der Waals surface area contributed by atoms with Crippen LogP contribution in [0.3, 0.4) is 0 Å². The van der Waals surface area contributed by atoms with Gasteiger partial charge in [-0.3, -0.25) is 28.1 Å². The number of nitrogens with two attached hydrogens (primary N) is 1. The fourth-order valence-electron chi connectivity index (χ4n) is 5.37. The van der Waals surface area contributed by atoms with Gasteiger partial charge in [0.25, 0.3) is 0 Å². The average molecular weight is 690 g/mol. The van der Waals surface area contributed by atoms with Gasteiger partial charge in [0.05, 0.1) is 18.7 Å². The molecule has 2 fully saturated rings. The minimum absolute atomic E-state index is 0.160. The zero-order chi connectivity index (χ0) is 32.3. The molecule has 3 rings (SSSR count). The quantitative estimate of drug-likeness (QED) is 0.154. The molecule has 0 amide bonds. The van der Waals surface area contributed by atoms with E-state index in [2.05, 4.69) is 9.80 Å². The minimum atomic E-state index is -4.61. The summed E-state index contributed by atoms with van der Waals surface area (Å²) in [5.74, 6) is -1.67. The summed E-state index contributed by atoms with van der Waals surface area (Å²) >= 11 is 0. The lowest BCUT2D eigenvalue weighted by atomic mass is 10.2. The van der Waals surface area contributed by atoms with Gasteiger partial charge in [-0.1, -0.05) is 26.0 Å². The van der Waals surface area contributed by atoms with Gasteiger partial charge in [-0.25, -0.2) is 0 Å². The maximum absolute atomic E-state index is 13.2. The van der Waals surface area contributed by atoms with E-state index in [1.807, 2.05) is 23.6 Å². The summed E-state index contributed by atoms with van der Waals surface area (Å²) in [4.78, 5) is 58.0. The lowest BCUT2D eigenvalue weighted by Gasteiger charge is -2.36. The van der Waals surface area contributed by atoms with Gasteiger partial charge in [0, 0.05) is 45.0 Å². The van der Waals surface area contributed by atoms with Crippen molar-refractivity contribution in [1.82, 2.24) is 19.6 Å². The average Bonchev–Trinajstić information content (AvgIpc) is 2.87. The van der Waals surface area contributed by atoms with Crippen molar-refractivity contribution in [3.63, 3.8) is 0 Å². The molecule has 43 heavy (non-hydrogen) atoms. The molecule has 0 spiro atoms. The van der Waals surface area contributed by atoms with Gasteiger partial charge in [0.15, 0.2) is 0 Å². The molecular weight excluding hydrogens is 638 g/mol. The molecule has 0 saturated carbocycles. The van der Waals surface area contributed by atoms with Gasteiger partial charge in [-0.15, -0.1) is 0 Å². The van der Waals surface area contributed by atoms with Crippen LogP contribution in [0, 0.1) is 0 Å². The van der Waals surface area contributed by atoms with Gasteiger partial charge in [0.2, 0.25) is 22.1 Å². The van der Waals surface area contributed by atoms with E-state index >= 15 is 0 Å². The number of anilines is 1. The van der Waals surface area contributed by atoms with Crippen molar-refractivity contribution in [3.05, 3.63) is 29.8 Å². The first-order valence-electron chi connectivity index (χ1n) is 14.7. The van der Waals surface area contributed by atoms with E-state index in [1.165, 1.54) is 0 Å². The number of nitrogen functional groups attached to an aromatic ring is 1. The third-order valence-electron chi connectivity index (χ3n) is 7.19. The predicted molar refractivity (Wildman–Crippen MR) is 172 cm³/mol. The van der Waals surface area contributed by atoms with Crippen molar-refractivity contribution in [3.8, 4) is 0 Å². The van der Waals surface area contributed by atoms with E-state index < -0.39 is 41.5 Å². The SMILES string of the molecule is CC.Nc1ccc(CP(=O)(O)CP(=O)(O)CN2CCCN3CCN(CCCN(CP(=O)(O)CP(=O)(O)O)CC3)CC2)cc1. The van der Waals surface area contributed by atoms with Crippen molar-refractivity contribution in [1.29, 1.82) is 0 Å². The second kappa shape index (κ2) is 17.5. The second-order valence-corrected chi connectivity index (χ2v) is 20.8. The molecule has 18 heteroatoms. The third kappa shape index (κ3) is 16.1. The first-order valence-corrected chi connectivity index (χ1v) is 22.6. The van der Waals surface area contributed by atoms with E-state index in [1.54, 1.807) is 24.3 Å². The van der Waals surface area contributed by atoms with Gasteiger partial charge in [0.1, 0.15) is 11.8 Å². The molecule has 2 heterocycles. The summed E-state index contributed by atoms with van der Waals surface area (Å²) in [5, 5.41) is 0. The van der Waals surface area contributed by atoms with Crippen molar-refractivity contribution < 1.29 is 42.7 Å². The fraction of sp³-hybridized carbons (Fsp3) is 0.760. The molecule has 1 aromatic carbocycles. The Bertz CT molecular complexity index is 1190. The predicted octanol–water partition coefficient (Wildman–Crippen LogP) is 2.63. The van der Waals surface area contributed by atoms with E-state index in [0.717, 1.165) is 13.1 Å². The number of nitrogens with zero attached hydrogens (tertiary/aromatic N) is 4. The van der Waals surface area contributed by atoms with Gasteiger partial charge < -0.3 is 40.0 Å². The summed E-state index contributed by atoms with van der Waals surface area (Å²) in [6.45, 7) is 10.3. The molecule has 0 aromatic heterocycles. The maximum atomic E-state index is 13.2. The van der Waals surface area contributed by atoms with Crippen LogP contribution in [-0.4, -0.2) is 134 Å². The number of benzene rings is 1. The molecule has 0 radical (unpaired) electrons. The highest BCUT2D eigenvalue weighted by molar-refractivity contribution is 7.74. The van der Waals surface area contributed by atoms with Crippen LogP contribution in [0.4, 0.5) is 5.69 Å². The normalized spacial score (nSPS) is 25.7. The van der Waals surface area contributed by atoms with E-state index in [9.17, 15) is 42.7 Å². The molecular formula is C25H51N5O9P4. The number of hydrogen-bond acceptors (Lipinski definition) is 9. The van der Waals surface area contributed by atoms with Gasteiger partial charge >= 0.3 is 7.60 Å². The zero-order valence-corrected chi connectivity index (χ0v) is 28.9. The van der Waals surface area contributed by atoms with Crippen LogP contribution in [0.15, 0.2) is 24.3 Å². The standard InChI is InChI=1S/C23H45N5O9P4.C2H6/c24-23-5-3-22(4-6-23)17-38(29,30)20-39(31,32)18-27-9-1-7-26-12-11-25(13-15-27)8-2-10-28(16-14-26)19-40(33,34)21-41(35,36)37;1-2/h3-6H,1-2,7-21,24H2,(H,29,30)(H,31,32)(H,33,34)(H2,35,36,37);1-2H3. The highest BCUT2D eigenvalue weighted by Crippen LogP contribution is 2.59. The first-order chi connectivity index (χ1) is 20.0. The minimum Gasteiger partial charge on any atom is -0.399 e. The summed E-state index contributed by atoms with van der Waals surface area (Å²) in [7, 11) is -16.5. The van der Waals surface area contributed by atoms with Crippen LogP contribution < -0.4 is 5.73 Å². The Balaban J connectivity index is 0.00000316. The van der Waals surface area contributed by atoms with Crippen molar-refractivity contribution in [2.24, 2.45) is 0 Å². The lowest BCUT2D eigenvalue weighted by molar-refractivity contribution is 0.129. The third-order valence-corrected chi connectivity index (χ3v) is 16.5. The van der Waals surface area contributed by atoms with Crippen LogP contribution in [0.1, 0.15) is 32.3 Å². The molecule has 7 N–H and O–H groups in total. The van der Waals surface area contributed by atoms with Gasteiger partial charge in [-0.2, -0.15) is 0 Å². The van der Waals surface area contributed by atoms with Crippen molar-refractivity contribution >= 4 is 35.4 Å². The van der Waals surface area contributed by atoms with Crippen LogP contribution in [0.5, 0.6) is 0 Å². The Morgan fingerprint density at radius 1 is 0.605 bits per heavy atom. The lowest BCUT2D eigenvalue weighted by Crippen LogP contribution is -2.47. The molecule has 2 bridgehead atoms. The molecule has 1 aromatic rings. The Kier molecular flexibility index (Phi) is 15.8. The fourth-order valence-corrected chi connectivity index (χ4v) is 14.1. The van der Waals surface area contributed by atoms with Crippen molar-refractivity contribution in [2.45, 2.75) is 32.9 Å². The second-order valence-electron chi connectivity index (χ2n) is 11.3. The van der Waals surface area contributed by atoms with Gasteiger partial charge in [-0.05, 0) is 56.7 Å². The van der Waals surface area contributed by atoms with Crippen LogP contribution in [0.25, 0.3) is 0 Å². The highest BCUT2D eigenvalue weighted by atomic mass is 31.2. The summed E-state index contributed by atoms with van der Waals surface area (Å²) < 4.78 is 49.8. The summed E-state index contributed by atoms with van der Waals surface area (Å²) in [6, 6.07) is 6.54. The molecule has 2 aliphatic heterocycles. The van der Waals surface area contributed by atoms with Crippen LogP contribution in [0.2, 0.25) is 0 Å². The molecule has 5 unspecified atom stereocenters. The molecule has 2 aliphatic rings. The van der Waals surface area contributed by atoms with Crippen LogP contribution >= 0.6 is 29.7 Å². The topological polar surface area (TPSA) is 208 Å². The first kappa shape index (κ1) is 38.8. The van der Waals surface area contributed by atoms with E-state index in [4.69, 9.17) is 5.73 Å². The van der Waals surface area contributed by atoms with E-state index in [-0.39, 0.29) is 18.7 Å². The summed E-state index contributed by atoms with van der Waals surface area (Å²) in [5.41, 5.74) is 6.79. The number of rotatable bonds is 10. The Hall–Kier alpha value is -0.420. The summed E-state index contributed by atoms with van der Waals surface area (Å²) in [6.07, 6.45) is 0.777. The number of hydrogen-bond donors (Lipinski definition) is 6. The largest absolute Gasteiger partial charge is 0.399 e. The maximum Gasteiger partial charge on any atom is 0.335 e. The number of fused-ring (bicyclic) bond motifs is 3. The molecule has 0 aliphatic carbocycles. The Morgan fingerprint density at radius 3 is 1.47 bits per heavy atom. The molecule has 14 nitrogen and oxygen atoms in total. The van der Waals surface area contributed by atoms with Crippen molar-refractivity contribution in [2.75, 3.05) is 95.6 Å². The molecule has 5 atom stereocenters. The molecule has 250 valence electrons. The van der Waals surface area contributed by atoms with E-state index in [0.29, 0.717) is 76.5 Å². The monoisotopic (exact) mass is 689 g/mol. The zero-order valence-electron chi connectivity index (χ0n) is 25.4. The highest BCUT2D eigenvalue weighted by Gasteiger charge is 2.34. The Labute approximate surface area is 255 Å². The smallest absolute Gasteiger partial charge is 0.335 e. The van der Waals surface area contributed by atoms with Crippen LogP contribution in [-0.2, 0) is 24.4 Å². The Morgan fingerprint density at radius 2 is 1.02 bits per heavy atom. The molecule has 2 saturated heterocycles.